The van der Waals surface area contributed by atoms with Gasteiger partial charge in [-0.25, -0.2) is 9.78 Å². The van der Waals surface area contributed by atoms with Gasteiger partial charge < -0.3 is 25.0 Å². The monoisotopic (exact) mass is 390 g/mol. The van der Waals surface area contributed by atoms with Crippen LogP contribution in [-0.4, -0.2) is 38.3 Å². The minimum atomic E-state index is -0.363. The Balaban J connectivity index is 1.57. The average molecular weight is 391 g/mol. The van der Waals surface area contributed by atoms with Gasteiger partial charge in [0, 0.05) is 31.9 Å². The summed E-state index contributed by atoms with van der Waals surface area (Å²) in [5, 5.41) is 5.92. The topological polar surface area (TPSA) is 75.7 Å². The number of benzene rings is 1. The number of hydrogen-bond donors (Lipinski definition) is 2. The first-order valence-electron chi connectivity index (χ1n) is 8.77. The third-order valence-corrected chi connectivity index (χ3v) is 4.71. The van der Waals surface area contributed by atoms with E-state index in [-0.39, 0.29) is 6.03 Å². The zero-order valence-corrected chi connectivity index (χ0v) is 16.2. The Bertz CT molecular complexity index is 792. The number of carbonyl (C=O) groups excluding carboxylic acids is 1. The van der Waals surface area contributed by atoms with Crippen LogP contribution in [0.2, 0.25) is 5.02 Å². The molecule has 0 aliphatic carbocycles. The van der Waals surface area contributed by atoms with Crippen LogP contribution in [-0.2, 0) is 6.54 Å². The molecule has 2 aromatic rings. The highest BCUT2D eigenvalue weighted by Crippen LogP contribution is 2.35. The zero-order chi connectivity index (χ0) is 19.2. The second-order valence-electron chi connectivity index (χ2n) is 6.21. The third-order valence-electron chi connectivity index (χ3n) is 4.41. The Hall–Kier alpha value is -2.67. The van der Waals surface area contributed by atoms with Crippen LogP contribution in [0, 0.1) is 0 Å². The molecule has 1 aromatic carbocycles. The van der Waals surface area contributed by atoms with E-state index in [4.69, 9.17) is 21.1 Å². The summed E-state index contributed by atoms with van der Waals surface area (Å²) in [6, 6.07) is 6.82. The molecule has 7 nitrogen and oxygen atoms in total. The van der Waals surface area contributed by atoms with Crippen molar-refractivity contribution >= 4 is 29.1 Å². The Morgan fingerprint density at radius 1 is 1.19 bits per heavy atom. The smallest absolute Gasteiger partial charge is 0.319 e. The first-order valence-corrected chi connectivity index (χ1v) is 9.14. The van der Waals surface area contributed by atoms with Crippen LogP contribution in [0.5, 0.6) is 11.5 Å². The second-order valence-corrected chi connectivity index (χ2v) is 6.62. The van der Waals surface area contributed by atoms with Gasteiger partial charge >= 0.3 is 6.03 Å². The van der Waals surface area contributed by atoms with Gasteiger partial charge in [-0.15, -0.1) is 0 Å². The van der Waals surface area contributed by atoms with E-state index in [2.05, 4.69) is 20.5 Å². The van der Waals surface area contributed by atoms with Crippen LogP contribution in [0.4, 0.5) is 16.3 Å². The number of rotatable bonds is 6. The molecule has 1 aliphatic rings. The maximum atomic E-state index is 12.2. The molecule has 0 radical (unpaired) electrons. The number of nitrogens with zero attached hydrogens (tertiary/aromatic N) is 2. The number of urea groups is 1. The predicted octanol–water partition coefficient (Wildman–Crippen LogP) is 3.67. The van der Waals surface area contributed by atoms with Gasteiger partial charge in [-0.1, -0.05) is 17.7 Å². The van der Waals surface area contributed by atoms with E-state index in [0.717, 1.165) is 24.5 Å². The van der Waals surface area contributed by atoms with Gasteiger partial charge in [-0.05, 0) is 30.5 Å². The summed E-state index contributed by atoms with van der Waals surface area (Å²) in [6.07, 6.45) is 4.22. The van der Waals surface area contributed by atoms with Crippen LogP contribution in [0.1, 0.15) is 18.4 Å². The summed E-state index contributed by atoms with van der Waals surface area (Å²) in [5.41, 5.74) is 1.39. The van der Waals surface area contributed by atoms with Crippen molar-refractivity contribution in [1.29, 1.82) is 0 Å². The number of aromatic nitrogens is 1. The number of carbonyl (C=O) groups is 1. The number of pyridine rings is 1. The van der Waals surface area contributed by atoms with Crippen LogP contribution < -0.4 is 25.0 Å². The summed E-state index contributed by atoms with van der Waals surface area (Å²) in [4.78, 5) is 19.0. The molecule has 2 amide bonds. The molecule has 1 fully saturated rings. The van der Waals surface area contributed by atoms with Crippen molar-refractivity contribution in [3.8, 4) is 11.5 Å². The molecule has 0 saturated carbocycles. The first-order chi connectivity index (χ1) is 13.1. The Labute approximate surface area is 163 Å². The lowest BCUT2D eigenvalue weighted by Crippen LogP contribution is -2.28. The lowest BCUT2D eigenvalue weighted by Gasteiger charge is -2.16. The molecule has 0 bridgehead atoms. The molecule has 3 rings (SSSR count). The van der Waals surface area contributed by atoms with Crippen molar-refractivity contribution in [3.05, 3.63) is 41.0 Å². The van der Waals surface area contributed by atoms with Crippen molar-refractivity contribution in [2.24, 2.45) is 0 Å². The van der Waals surface area contributed by atoms with Gasteiger partial charge in [-0.2, -0.15) is 0 Å². The maximum Gasteiger partial charge on any atom is 0.319 e. The number of nitrogens with one attached hydrogen (secondary N) is 2. The quantitative estimate of drug-likeness (QED) is 0.787. The number of anilines is 2. The van der Waals surface area contributed by atoms with E-state index in [0.29, 0.717) is 28.8 Å². The fourth-order valence-corrected chi connectivity index (χ4v) is 3.20. The number of halogens is 1. The number of amides is 2. The molecule has 0 atom stereocenters. The van der Waals surface area contributed by atoms with Crippen LogP contribution >= 0.6 is 11.6 Å². The second kappa shape index (κ2) is 8.81. The summed E-state index contributed by atoms with van der Waals surface area (Å²) in [7, 11) is 3.03. The lowest BCUT2D eigenvalue weighted by atomic mass is 10.2. The van der Waals surface area contributed by atoms with E-state index in [1.807, 2.05) is 12.1 Å². The number of methoxy groups -OCH3 is 2. The molecule has 2 heterocycles. The highest BCUT2D eigenvalue weighted by molar-refractivity contribution is 6.32. The van der Waals surface area contributed by atoms with Crippen molar-refractivity contribution in [2.75, 3.05) is 37.5 Å². The lowest BCUT2D eigenvalue weighted by molar-refractivity contribution is 0.251. The standard InChI is InChI=1S/C19H23ClN4O3/c1-26-16-10-17(27-2)15(9-14(16)20)23-19(25)22-12-13-5-6-18(21-11-13)24-7-3-4-8-24/h5-6,9-11H,3-4,7-8,12H2,1-2H3,(H2,22,23,25). The minimum absolute atomic E-state index is 0.363. The Morgan fingerprint density at radius 3 is 2.56 bits per heavy atom. The van der Waals surface area contributed by atoms with Crippen LogP contribution in [0.15, 0.2) is 30.5 Å². The van der Waals surface area contributed by atoms with Crippen LogP contribution in [0.3, 0.4) is 0 Å². The summed E-state index contributed by atoms with van der Waals surface area (Å²) < 4.78 is 10.4. The molecule has 27 heavy (non-hydrogen) atoms. The van der Waals surface area contributed by atoms with Gasteiger partial charge in [0.25, 0.3) is 0 Å². The predicted molar refractivity (Wildman–Crippen MR) is 106 cm³/mol. The van der Waals surface area contributed by atoms with Crippen molar-refractivity contribution in [1.82, 2.24) is 10.3 Å². The van der Waals surface area contributed by atoms with Crippen molar-refractivity contribution in [2.45, 2.75) is 19.4 Å². The largest absolute Gasteiger partial charge is 0.495 e. The molecule has 8 heteroatoms. The van der Waals surface area contributed by atoms with Gasteiger partial charge in [0.2, 0.25) is 0 Å². The average Bonchev–Trinajstić information content (AvgIpc) is 3.22. The highest BCUT2D eigenvalue weighted by atomic mass is 35.5. The Morgan fingerprint density at radius 2 is 1.93 bits per heavy atom. The molecular weight excluding hydrogens is 368 g/mol. The van der Waals surface area contributed by atoms with E-state index >= 15 is 0 Å². The number of hydrogen-bond acceptors (Lipinski definition) is 5. The van der Waals surface area contributed by atoms with Crippen LogP contribution in [0.25, 0.3) is 0 Å². The molecule has 0 spiro atoms. The maximum absolute atomic E-state index is 12.2. The fraction of sp³-hybridized carbons (Fsp3) is 0.368. The molecule has 1 saturated heterocycles. The summed E-state index contributed by atoms with van der Waals surface area (Å²) in [6.45, 7) is 2.48. The van der Waals surface area contributed by atoms with Crippen molar-refractivity contribution < 1.29 is 14.3 Å². The molecule has 144 valence electrons. The minimum Gasteiger partial charge on any atom is -0.495 e. The summed E-state index contributed by atoms with van der Waals surface area (Å²) in [5.74, 6) is 1.92. The van der Waals surface area contributed by atoms with Crippen molar-refractivity contribution in [3.63, 3.8) is 0 Å². The molecule has 1 aliphatic heterocycles. The van der Waals surface area contributed by atoms with Gasteiger partial charge in [0.1, 0.15) is 17.3 Å². The normalized spacial score (nSPS) is 13.4. The fourth-order valence-electron chi connectivity index (χ4n) is 2.96. The first kappa shape index (κ1) is 19.1. The van der Waals surface area contributed by atoms with Gasteiger partial charge in [-0.3, -0.25) is 0 Å². The number of ether oxygens (including phenoxy) is 2. The molecule has 0 unspecified atom stereocenters. The Kier molecular flexibility index (Phi) is 6.24. The molecule has 1 aromatic heterocycles. The van der Waals surface area contributed by atoms with Gasteiger partial charge in [0.15, 0.2) is 0 Å². The zero-order valence-electron chi connectivity index (χ0n) is 15.4. The molecule has 2 N–H and O–H groups in total. The van der Waals surface area contributed by atoms with E-state index < -0.39 is 0 Å². The highest BCUT2D eigenvalue weighted by Gasteiger charge is 2.14. The SMILES string of the molecule is COc1cc(OC)c(NC(=O)NCc2ccc(N3CCCC3)nc2)cc1Cl. The third kappa shape index (κ3) is 4.74. The molecular formula is C19H23ClN4O3. The van der Waals surface area contributed by atoms with E-state index in [9.17, 15) is 4.79 Å². The van der Waals surface area contributed by atoms with Gasteiger partial charge in [0.05, 0.1) is 24.9 Å². The summed E-state index contributed by atoms with van der Waals surface area (Å²) >= 11 is 6.12. The van der Waals surface area contributed by atoms with E-state index in [1.165, 1.54) is 27.1 Å². The van der Waals surface area contributed by atoms with E-state index in [1.54, 1.807) is 18.3 Å².